The molecule has 4 heteroatoms. The molecular formula is C19H16N2O2. The van der Waals surface area contributed by atoms with E-state index >= 15 is 0 Å². The van der Waals surface area contributed by atoms with Gasteiger partial charge in [-0.05, 0) is 42.7 Å². The Labute approximate surface area is 133 Å². The highest BCUT2D eigenvalue weighted by Gasteiger charge is 2.19. The maximum absolute atomic E-state index is 11.9. The van der Waals surface area contributed by atoms with Gasteiger partial charge in [0.2, 0.25) is 0 Å². The van der Waals surface area contributed by atoms with Gasteiger partial charge in [-0.15, -0.1) is 0 Å². The predicted octanol–water partition coefficient (Wildman–Crippen LogP) is 3.11. The summed E-state index contributed by atoms with van der Waals surface area (Å²) in [4.78, 5) is 19.3. The number of nitrogens with zero attached hydrogens (tertiary/aromatic N) is 1. The van der Waals surface area contributed by atoms with Gasteiger partial charge >= 0.3 is 0 Å². The summed E-state index contributed by atoms with van der Waals surface area (Å²) in [6.07, 6.45) is 1.73. The second-order valence-electron chi connectivity index (χ2n) is 5.64. The number of hydrogen-bond donors (Lipinski definition) is 1. The van der Waals surface area contributed by atoms with Crippen molar-refractivity contribution in [2.75, 3.05) is 0 Å². The zero-order chi connectivity index (χ0) is 15.6. The summed E-state index contributed by atoms with van der Waals surface area (Å²) in [5.41, 5.74) is 3.76. The van der Waals surface area contributed by atoms with Crippen LogP contribution in [0.25, 0.3) is 11.4 Å². The Morgan fingerprint density at radius 1 is 1.00 bits per heavy atom. The van der Waals surface area contributed by atoms with Gasteiger partial charge < -0.3 is 9.72 Å². The second-order valence-corrected chi connectivity index (χ2v) is 5.64. The zero-order valence-corrected chi connectivity index (χ0v) is 12.6. The van der Waals surface area contributed by atoms with Crippen LogP contribution in [0.4, 0.5) is 0 Å². The first-order chi connectivity index (χ1) is 11.3. The molecule has 4 rings (SSSR count). The zero-order valence-electron chi connectivity index (χ0n) is 12.6. The molecule has 0 unspecified atom stereocenters. The molecule has 0 aliphatic heterocycles. The van der Waals surface area contributed by atoms with Crippen LogP contribution >= 0.6 is 0 Å². The molecule has 4 nitrogen and oxygen atoms in total. The number of rotatable bonds is 4. The molecule has 1 heterocycles. The summed E-state index contributed by atoms with van der Waals surface area (Å²) in [6.45, 7) is 0.536. The van der Waals surface area contributed by atoms with Crippen molar-refractivity contribution in [3.63, 3.8) is 0 Å². The normalized spacial score (nSPS) is 12.3. The molecule has 0 bridgehead atoms. The molecule has 0 fully saturated rings. The van der Waals surface area contributed by atoms with Crippen molar-refractivity contribution >= 4 is 0 Å². The highest BCUT2D eigenvalue weighted by molar-refractivity contribution is 5.57. The van der Waals surface area contributed by atoms with E-state index in [2.05, 4.69) is 9.97 Å². The average molecular weight is 304 g/mol. The number of nitrogens with one attached hydrogen (secondary N) is 1. The summed E-state index contributed by atoms with van der Waals surface area (Å²) >= 11 is 0. The summed E-state index contributed by atoms with van der Waals surface area (Å²) in [6, 6.07) is 17.7. The van der Waals surface area contributed by atoms with Crippen molar-refractivity contribution in [2.24, 2.45) is 0 Å². The molecule has 1 aliphatic rings. The van der Waals surface area contributed by atoms with Gasteiger partial charge in [0.1, 0.15) is 18.2 Å². The van der Waals surface area contributed by atoms with Crippen LogP contribution in [0.3, 0.4) is 0 Å². The number of fused-ring (bicyclic) bond motifs is 1. The number of hydrogen-bond acceptors (Lipinski definition) is 3. The number of ether oxygens (including phenoxy) is 1. The molecule has 1 aliphatic carbocycles. The standard InChI is InChI=1S/C19H16N2O2/c22-19-16-10-11-17(16)20-18(21-19)14-6-8-15(9-7-14)23-12-13-4-2-1-3-5-13/h1-9H,10-12H2,(H,20,21,22). The first-order valence-electron chi connectivity index (χ1n) is 7.69. The molecule has 0 atom stereocenters. The lowest BCUT2D eigenvalue weighted by molar-refractivity contribution is 0.306. The molecule has 0 amide bonds. The lowest BCUT2D eigenvalue weighted by Crippen LogP contribution is -2.26. The highest BCUT2D eigenvalue weighted by atomic mass is 16.5. The van der Waals surface area contributed by atoms with E-state index in [1.807, 2.05) is 54.6 Å². The summed E-state index contributed by atoms with van der Waals surface area (Å²) in [7, 11) is 0. The van der Waals surface area contributed by atoms with Crippen LogP contribution in [-0.4, -0.2) is 9.97 Å². The Kier molecular flexibility index (Phi) is 3.42. The largest absolute Gasteiger partial charge is 0.489 e. The fraction of sp³-hybridized carbons (Fsp3) is 0.158. The third kappa shape index (κ3) is 2.75. The van der Waals surface area contributed by atoms with Crippen molar-refractivity contribution < 1.29 is 4.74 Å². The van der Waals surface area contributed by atoms with Crippen molar-refractivity contribution in [3.8, 4) is 17.1 Å². The fourth-order valence-corrected chi connectivity index (χ4v) is 2.66. The van der Waals surface area contributed by atoms with E-state index in [9.17, 15) is 4.79 Å². The van der Waals surface area contributed by atoms with Gasteiger partial charge in [0, 0.05) is 11.1 Å². The molecule has 114 valence electrons. The fourth-order valence-electron chi connectivity index (χ4n) is 2.66. The first kappa shape index (κ1) is 13.8. The number of aromatic nitrogens is 2. The third-order valence-electron chi connectivity index (χ3n) is 4.09. The molecule has 1 aromatic heterocycles. The van der Waals surface area contributed by atoms with Crippen LogP contribution in [-0.2, 0) is 19.4 Å². The number of aromatic amines is 1. The topological polar surface area (TPSA) is 55.0 Å². The molecule has 0 radical (unpaired) electrons. The number of benzene rings is 2. The van der Waals surface area contributed by atoms with Gasteiger partial charge in [0.05, 0.1) is 5.69 Å². The Balaban J connectivity index is 1.51. The van der Waals surface area contributed by atoms with Crippen LogP contribution in [0.15, 0.2) is 59.4 Å². The van der Waals surface area contributed by atoms with Crippen LogP contribution < -0.4 is 10.3 Å². The number of aryl methyl sites for hydroxylation is 1. The van der Waals surface area contributed by atoms with Crippen molar-refractivity contribution in [3.05, 3.63) is 81.8 Å². The van der Waals surface area contributed by atoms with Gasteiger partial charge in [0.15, 0.2) is 0 Å². The highest BCUT2D eigenvalue weighted by Crippen LogP contribution is 2.23. The van der Waals surface area contributed by atoms with E-state index in [1.54, 1.807) is 0 Å². The Morgan fingerprint density at radius 2 is 1.78 bits per heavy atom. The van der Waals surface area contributed by atoms with Crippen LogP contribution in [0, 0.1) is 0 Å². The Hall–Kier alpha value is -2.88. The Morgan fingerprint density at radius 3 is 2.43 bits per heavy atom. The maximum atomic E-state index is 11.9. The van der Waals surface area contributed by atoms with Crippen LogP contribution in [0.5, 0.6) is 5.75 Å². The van der Waals surface area contributed by atoms with Gasteiger partial charge in [-0.2, -0.15) is 0 Å². The molecule has 0 spiro atoms. The average Bonchev–Trinajstić information content (AvgIpc) is 2.56. The van der Waals surface area contributed by atoms with Crippen molar-refractivity contribution in [1.82, 2.24) is 9.97 Å². The molecule has 1 N–H and O–H groups in total. The van der Waals surface area contributed by atoms with Crippen LogP contribution in [0.2, 0.25) is 0 Å². The van der Waals surface area contributed by atoms with E-state index in [4.69, 9.17) is 4.74 Å². The van der Waals surface area contributed by atoms with E-state index in [-0.39, 0.29) is 5.56 Å². The predicted molar refractivity (Wildman–Crippen MR) is 88.5 cm³/mol. The van der Waals surface area contributed by atoms with Gasteiger partial charge in [-0.3, -0.25) is 4.79 Å². The lowest BCUT2D eigenvalue weighted by Gasteiger charge is -2.16. The van der Waals surface area contributed by atoms with E-state index in [0.717, 1.165) is 41.0 Å². The third-order valence-corrected chi connectivity index (χ3v) is 4.09. The van der Waals surface area contributed by atoms with Crippen molar-refractivity contribution in [2.45, 2.75) is 19.4 Å². The first-order valence-corrected chi connectivity index (χ1v) is 7.69. The van der Waals surface area contributed by atoms with Gasteiger partial charge in [-0.1, -0.05) is 30.3 Å². The van der Waals surface area contributed by atoms with Crippen molar-refractivity contribution in [1.29, 1.82) is 0 Å². The molecule has 2 aromatic carbocycles. The number of H-pyrrole nitrogens is 1. The second kappa shape index (κ2) is 5.72. The van der Waals surface area contributed by atoms with E-state index in [1.165, 1.54) is 0 Å². The van der Waals surface area contributed by atoms with E-state index in [0.29, 0.717) is 12.4 Å². The Bertz CT molecular complexity index is 883. The smallest absolute Gasteiger partial charge is 0.254 e. The minimum Gasteiger partial charge on any atom is -0.489 e. The summed E-state index contributed by atoms with van der Waals surface area (Å²) in [5, 5.41) is 0. The SMILES string of the molecule is O=c1[nH]c(-c2ccc(OCc3ccccc3)cc2)nc2c1CC2. The molecule has 23 heavy (non-hydrogen) atoms. The molecular weight excluding hydrogens is 288 g/mol. The summed E-state index contributed by atoms with van der Waals surface area (Å²) in [5.74, 6) is 1.42. The summed E-state index contributed by atoms with van der Waals surface area (Å²) < 4.78 is 5.77. The molecule has 0 saturated carbocycles. The monoisotopic (exact) mass is 304 g/mol. The molecule has 0 saturated heterocycles. The van der Waals surface area contributed by atoms with E-state index < -0.39 is 0 Å². The van der Waals surface area contributed by atoms with Crippen LogP contribution in [0.1, 0.15) is 16.8 Å². The quantitative estimate of drug-likeness (QED) is 0.805. The van der Waals surface area contributed by atoms with Gasteiger partial charge in [-0.25, -0.2) is 4.98 Å². The maximum Gasteiger partial charge on any atom is 0.254 e. The minimum absolute atomic E-state index is 0.0133. The molecule has 3 aromatic rings. The van der Waals surface area contributed by atoms with Gasteiger partial charge in [0.25, 0.3) is 5.56 Å². The lowest BCUT2D eigenvalue weighted by atomic mass is 9.95. The minimum atomic E-state index is -0.0133.